The molecule has 0 bridgehead atoms. The van der Waals surface area contributed by atoms with Crippen LogP contribution in [0.2, 0.25) is 0 Å². The molecule has 0 unspecified atom stereocenters. The third kappa shape index (κ3) is 4.21. The van der Waals surface area contributed by atoms with Gasteiger partial charge in [-0.3, -0.25) is 4.68 Å². The molecule has 0 fully saturated rings. The second kappa shape index (κ2) is 6.13. The molecule has 0 aliphatic carbocycles. The van der Waals surface area contributed by atoms with E-state index in [2.05, 4.69) is 10.3 Å². The first-order valence-electron chi connectivity index (χ1n) is 6.20. The van der Waals surface area contributed by atoms with Gasteiger partial charge in [-0.05, 0) is 31.0 Å². The van der Waals surface area contributed by atoms with E-state index in [0.717, 1.165) is 23.4 Å². The van der Waals surface area contributed by atoms with Crippen LogP contribution in [0.25, 0.3) is 0 Å². The highest BCUT2D eigenvalue weighted by molar-refractivity contribution is 5.75. The molecule has 0 saturated heterocycles. The van der Waals surface area contributed by atoms with Gasteiger partial charge in [-0.25, -0.2) is 0 Å². The van der Waals surface area contributed by atoms with Gasteiger partial charge in [0.25, 0.3) is 0 Å². The van der Waals surface area contributed by atoms with E-state index in [1.54, 1.807) is 11.6 Å². The summed E-state index contributed by atoms with van der Waals surface area (Å²) in [7, 11) is 1.82. The van der Waals surface area contributed by atoms with Crippen LogP contribution in [-0.4, -0.2) is 20.8 Å². The lowest BCUT2D eigenvalue weighted by atomic mass is 10.1. The predicted molar refractivity (Wildman–Crippen MR) is 70.8 cm³/mol. The standard InChI is InChI=1S/C14H17N3O2/c1-11(18)3-4-12-5-7-14(8-6-12)19-10-13-9-17(2)16-15-13/h5-9H,3-4,10H2,1-2H3. The molecule has 0 radical (unpaired) electrons. The Morgan fingerprint density at radius 2 is 2.05 bits per heavy atom. The average Bonchev–Trinajstić information content (AvgIpc) is 2.81. The zero-order chi connectivity index (χ0) is 13.7. The van der Waals surface area contributed by atoms with Crippen molar-refractivity contribution in [3.63, 3.8) is 0 Å². The molecule has 1 heterocycles. The maximum Gasteiger partial charge on any atom is 0.134 e. The van der Waals surface area contributed by atoms with Crippen LogP contribution in [0.1, 0.15) is 24.6 Å². The van der Waals surface area contributed by atoms with Gasteiger partial charge in [-0.2, -0.15) is 0 Å². The fourth-order valence-corrected chi connectivity index (χ4v) is 1.69. The van der Waals surface area contributed by atoms with Crippen LogP contribution in [-0.2, 0) is 24.9 Å². The molecule has 0 aliphatic rings. The van der Waals surface area contributed by atoms with Crippen molar-refractivity contribution in [1.82, 2.24) is 15.0 Å². The second-order valence-electron chi connectivity index (χ2n) is 4.52. The van der Waals surface area contributed by atoms with Gasteiger partial charge >= 0.3 is 0 Å². The van der Waals surface area contributed by atoms with E-state index in [1.165, 1.54) is 0 Å². The highest BCUT2D eigenvalue weighted by Gasteiger charge is 2.01. The first-order valence-corrected chi connectivity index (χ1v) is 6.20. The smallest absolute Gasteiger partial charge is 0.134 e. The molecule has 0 aliphatic heterocycles. The molecular formula is C14H17N3O2. The van der Waals surface area contributed by atoms with Crippen LogP contribution in [0.3, 0.4) is 0 Å². The van der Waals surface area contributed by atoms with Gasteiger partial charge in [-0.1, -0.05) is 17.3 Å². The molecule has 0 saturated carbocycles. The van der Waals surface area contributed by atoms with E-state index < -0.39 is 0 Å². The number of aryl methyl sites for hydroxylation is 2. The van der Waals surface area contributed by atoms with E-state index in [1.807, 2.05) is 37.5 Å². The van der Waals surface area contributed by atoms with Crippen LogP contribution in [0, 0.1) is 0 Å². The number of rotatable bonds is 6. The Kier molecular flexibility index (Phi) is 4.28. The van der Waals surface area contributed by atoms with E-state index in [0.29, 0.717) is 13.0 Å². The number of aromatic nitrogens is 3. The number of hydrogen-bond donors (Lipinski definition) is 0. The highest BCUT2D eigenvalue weighted by atomic mass is 16.5. The molecule has 1 aromatic carbocycles. The quantitative estimate of drug-likeness (QED) is 0.795. The SMILES string of the molecule is CC(=O)CCc1ccc(OCc2cn(C)nn2)cc1. The summed E-state index contributed by atoms with van der Waals surface area (Å²) in [4.78, 5) is 10.9. The second-order valence-corrected chi connectivity index (χ2v) is 4.52. The molecule has 1 aromatic heterocycles. The monoisotopic (exact) mass is 259 g/mol. The number of benzene rings is 1. The van der Waals surface area contributed by atoms with Crippen molar-refractivity contribution in [2.75, 3.05) is 0 Å². The molecule has 0 atom stereocenters. The number of ketones is 1. The lowest BCUT2D eigenvalue weighted by Crippen LogP contribution is -1.97. The minimum Gasteiger partial charge on any atom is -0.487 e. The van der Waals surface area contributed by atoms with Crippen LogP contribution in [0.4, 0.5) is 0 Å². The van der Waals surface area contributed by atoms with Crippen LogP contribution in [0.15, 0.2) is 30.5 Å². The van der Waals surface area contributed by atoms with Crippen LogP contribution < -0.4 is 4.74 Å². The van der Waals surface area contributed by atoms with Gasteiger partial charge < -0.3 is 9.53 Å². The van der Waals surface area contributed by atoms with Crippen molar-refractivity contribution in [3.05, 3.63) is 41.7 Å². The van der Waals surface area contributed by atoms with Crippen molar-refractivity contribution >= 4 is 5.78 Å². The van der Waals surface area contributed by atoms with Crippen LogP contribution >= 0.6 is 0 Å². The number of nitrogens with zero attached hydrogens (tertiary/aromatic N) is 3. The van der Waals surface area contributed by atoms with Crippen molar-refractivity contribution in [2.24, 2.45) is 7.05 Å². The number of carbonyl (C=O) groups excluding carboxylic acids is 1. The molecule has 5 heteroatoms. The Balaban J connectivity index is 1.86. The van der Waals surface area contributed by atoms with E-state index in [9.17, 15) is 4.79 Å². The van der Waals surface area contributed by atoms with Crippen molar-refractivity contribution in [2.45, 2.75) is 26.4 Å². The Bertz CT molecular complexity index is 546. The minimum atomic E-state index is 0.211. The highest BCUT2D eigenvalue weighted by Crippen LogP contribution is 2.14. The summed E-state index contributed by atoms with van der Waals surface area (Å²) in [5.74, 6) is 1.00. The molecule has 100 valence electrons. The number of Topliss-reactive ketones (excluding diaryl/α,β-unsaturated/α-hetero) is 1. The first kappa shape index (κ1) is 13.3. The summed E-state index contributed by atoms with van der Waals surface area (Å²) in [6, 6.07) is 7.78. The largest absolute Gasteiger partial charge is 0.487 e. The summed E-state index contributed by atoms with van der Waals surface area (Å²) in [5.41, 5.74) is 1.94. The fraction of sp³-hybridized carbons (Fsp3) is 0.357. The maximum absolute atomic E-state index is 10.9. The Labute approximate surface area is 112 Å². The Morgan fingerprint density at radius 3 is 2.63 bits per heavy atom. The van der Waals surface area contributed by atoms with Gasteiger partial charge in [-0.15, -0.1) is 5.10 Å². The summed E-state index contributed by atoms with van der Waals surface area (Å²) < 4.78 is 7.25. The third-order valence-corrected chi connectivity index (χ3v) is 2.73. The van der Waals surface area contributed by atoms with E-state index in [-0.39, 0.29) is 5.78 Å². The average molecular weight is 259 g/mol. The topological polar surface area (TPSA) is 57.0 Å². The summed E-state index contributed by atoms with van der Waals surface area (Å²) in [5, 5.41) is 7.79. The molecule has 2 rings (SSSR count). The van der Waals surface area contributed by atoms with E-state index in [4.69, 9.17) is 4.74 Å². The van der Waals surface area contributed by atoms with Gasteiger partial charge in [0, 0.05) is 13.5 Å². The van der Waals surface area contributed by atoms with Crippen molar-refractivity contribution < 1.29 is 9.53 Å². The molecule has 0 N–H and O–H groups in total. The maximum atomic E-state index is 10.9. The number of ether oxygens (including phenoxy) is 1. The zero-order valence-corrected chi connectivity index (χ0v) is 11.2. The van der Waals surface area contributed by atoms with Crippen LogP contribution in [0.5, 0.6) is 5.75 Å². The third-order valence-electron chi connectivity index (χ3n) is 2.73. The Hall–Kier alpha value is -2.17. The molecular weight excluding hydrogens is 242 g/mol. The van der Waals surface area contributed by atoms with Gasteiger partial charge in [0.15, 0.2) is 0 Å². The molecule has 5 nitrogen and oxygen atoms in total. The first-order chi connectivity index (χ1) is 9.13. The molecule has 0 amide bonds. The Morgan fingerprint density at radius 1 is 1.32 bits per heavy atom. The van der Waals surface area contributed by atoms with Gasteiger partial charge in [0.1, 0.15) is 23.8 Å². The molecule has 0 spiro atoms. The summed E-state index contributed by atoms with van der Waals surface area (Å²) >= 11 is 0. The summed E-state index contributed by atoms with van der Waals surface area (Å²) in [6.45, 7) is 2.01. The fourth-order valence-electron chi connectivity index (χ4n) is 1.69. The molecule has 19 heavy (non-hydrogen) atoms. The van der Waals surface area contributed by atoms with Gasteiger partial charge in [0.2, 0.25) is 0 Å². The minimum absolute atomic E-state index is 0.211. The summed E-state index contributed by atoms with van der Waals surface area (Å²) in [6.07, 6.45) is 3.18. The van der Waals surface area contributed by atoms with Crippen molar-refractivity contribution in [3.8, 4) is 5.75 Å². The number of carbonyl (C=O) groups is 1. The predicted octanol–water partition coefficient (Wildman–Crippen LogP) is 1.92. The van der Waals surface area contributed by atoms with Gasteiger partial charge in [0.05, 0.1) is 6.20 Å². The number of hydrogen-bond acceptors (Lipinski definition) is 4. The lowest BCUT2D eigenvalue weighted by molar-refractivity contribution is -0.116. The zero-order valence-electron chi connectivity index (χ0n) is 11.2. The van der Waals surface area contributed by atoms with Crippen molar-refractivity contribution in [1.29, 1.82) is 0 Å². The normalized spacial score (nSPS) is 10.4. The lowest BCUT2D eigenvalue weighted by Gasteiger charge is -2.05. The molecule has 2 aromatic rings. The van der Waals surface area contributed by atoms with E-state index >= 15 is 0 Å².